The van der Waals surface area contributed by atoms with Gasteiger partial charge in [0.25, 0.3) is 0 Å². The highest BCUT2D eigenvalue weighted by atomic mass is 16.3. The van der Waals surface area contributed by atoms with Crippen molar-refractivity contribution >= 4 is 28.5 Å². The number of hydrogen-bond acceptors (Lipinski definition) is 4. The third kappa shape index (κ3) is 2.79. The first-order chi connectivity index (χ1) is 10.7. The van der Waals surface area contributed by atoms with Gasteiger partial charge in [-0.2, -0.15) is 0 Å². The molecule has 0 spiro atoms. The molecule has 0 unspecified atom stereocenters. The van der Waals surface area contributed by atoms with Gasteiger partial charge in [0, 0.05) is 12.8 Å². The Labute approximate surface area is 128 Å². The minimum Gasteiger partial charge on any atom is -0.511 e. The van der Waals surface area contributed by atoms with Crippen molar-refractivity contribution in [1.82, 2.24) is 9.97 Å². The maximum Gasteiger partial charge on any atom is 0.228 e. The number of rotatable bonds is 3. The molecule has 5 nitrogen and oxygen atoms in total. The molecule has 0 bridgehead atoms. The van der Waals surface area contributed by atoms with Crippen LogP contribution in [0.3, 0.4) is 0 Å². The van der Waals surface area contributed by atoms with Crippen LogP contribution < -0.4 is 0 Å². The van der Waals surface area contributed by atoms with E-state index >= 15 is 0 Å². The number of allylic oxidation sites excluding steroid dienone is 2. The molecule has 1 fully saturated rings. The molecule has 2 aromatic rings. The molecule has 3 rings (SSSR count). The van der Waals surface area contributed by atoms with Crippen LogP contribution >= 0.6 is 0 Å². The number of ketones is 1. The van der Waals surface area contributed by atoms with Gasteiger partial charge in [0.05, 0.1) is 22.3 Å². The average Bonchev–Trinajstić information content (AvgIpc) is 2.89. The Morgan fingerprint density at radius 2 is 2.18 bits per heavy atom. The Morgan fingerprint density at radius 3 is 2.95 bits per heavy atom. The lowest BCUT2D eigenvalue weighted by Crippen LogP contribution is -2.21. The van der Waals surface area contributed by atoms with Crippen LogP contribution in [0.5, 0.6) is 0 Å². The predicted octanol–water partition coefficient (Wildman–Crippen LogP) is 4.00. The van der Waals surface area contributed by atoms with E-state index in [1.165, 1.54) is 0 Å². The van der Waals surface area contributed by atoms with E-state index in [0.717, 1.165) is 23.9 Å². The van der Waals surface area contributed by atoms with Crippen LogP contribution in [0.25, 0.3) is 11.0 Å². The first-order valence-corrected chi connectivity index (χ1v) is 7.67. The zero-order chi connectivity index (χ0) is 15.5. The number of aliphatic imine (C=N–C) groups is 1. The summed E-state index contributed by atoms with van der Waals surface area (Å²) in [5, 5.41) is 10.2. The monoisotopic (exact) mass is 297 g/mol. The maximum absolute atomic E-state index is 12.2. The van der Waals surface area contributed by atoms with Crippen LogP contribution in [0.4, 0.5) is 5.95 Å². The molecule has 2 N–H and O–H groups in total. The topological polar surface area (TPSA) is 78.3 Å². The van der Waals surface area contributed by atoms with Gasteiger partial charge in [-0.05, 0) is 31.4 Å². The van der Waals surface area contributed by atoms with Crippen LogP contribution in [0.2, 0.25) is 0 Å². The number of aliphatic hydroxyl groups is 1. The summed E-state index contributed by atoms with van der Waals surface area (Å²) in [4.78, 5) is 24.2. The Hall–Kier alpha value is -2.43. The molecule has 1 heterocycles. The molecule has 0 radical (unpaired) electrons. The molecule has 1 aliphatic carbocycles. The van der Waals surface area contributed by atoms with Gasteiger partial charge in [-0.25, -0.2) is 9.98 Å². The van der Waals surface area contributed by atoms with Crippen molar-refractivity contribution in [2.24, 2.45) is 4.99 Å². The molecule has 1 saturated carbocycles. The second kappa shape index (κ2) is 6.13. The highest BCUT2D eigenvalue weighted by Crippen LogP contribution is 2.25. The number of aromatic amines is 1. The number of para-hydroxylation sites is 2. The lowest BCUT2D eigenvalue weighted by molar-refractivity contribution is -0.115. The summed E-state index contributed by atoms with van der Waals surface area (Å²) < 4.78 is 0. The number of Topliss-reactive ketones (excluding diaryl/α,β-unsaturated/α-hetero) is 1. The summed E-state index contributed by atoms with van der Waals surface area (Å²) in [5.41, 5.74) is 2.79. The minimum absolute atomic E-state index is 0.0212. The fourth-order valence-corrected chi connectivity index (χ4v) is 2.75. The molecule has 0 amide bonds. The maximum atomic E-state index is 12.2. The zero-order valence-electron chi connectivity index (χ0n) is 12.6. The van der Waals surface area contributed by atoms with Crippen molar-refractivity contribution in [3.05, 3.63) is 35.6 Å². The first-order valence-electron chi connectivity index (χ1n) is 7.67. The Bertz CT molecular complexity index is 738. The van der Waals surface area contributed by atoms with Crippen LogP contribution in [0.15, 0.2) is 40.6 Å². The average molecular weight is 297 g/mol. The van der Waals surface area contributed by atoms with Crippen LogP contribution in [0.1, 0.15) is 39.0 Å². The number of benzene rings is 1. The smallest absolute Gasteiger partial charge is 0.228 e. The number of fused-ring (bicyclic) bond motifs is 1. The molecule has 0 aliphatic heterocycles. The van der Waals surface area contributed by atoms with E-state index in [1.54, 1.807) is 0 Å². The molecule has 114 valence electrons. The van der Waals surface area contributed by atoms with E-state index in [4.69, 9.17) is 0 Å². The zero-order valence-corrected chi connectivity index (χ0v) is 12.6. The Balaban J connectivity index is 2.02. The minimum atomic E-state index is -0.0212. The van der Waals surface area contributed by atoms with Crippen molar-refractivity contribution in [2.45, 2.75) is 39.0 Å². The van der Waals surface area contributed by atoms with E-state index in [-0.39, 0.29) is 11.5 Å². The molecular weight excluding hydrogens is 278 g/mol. The third-order valence-electron chi connectivity index (χ3n) is 3.78. The van der Waals surface area contributed by atoms with Crippen LogP contribution in [-0.2, 0) is 4.79 Å². The molecule has 5 heteroatoms. The molecule has 1 aliphatic rings. The number of hydrogen-bond donors (Lipinski definition) is 2. The van der Waals surface area contributed by atoms with Gasteiger partial charge in [-0.15, -0.1) is 0 Å². The van der Waals surface area contributed by atoms with Gasteiger partial charge in [-0.1, -0.05) is 19.1 Å². The van der Waals surface area contributed by atoms with Gasteiger partial charge in [0.2, 0.25) is 5.95 Å². The van der Waals surface area contributed by atoms with Gasteiger partial charge >= 0.3 is 0 Å². The third-order valence-corrected chi connectivity index (χ3v) is 3.78. The van der Waals surface area contributed by atoms with E-state index in [2.05, 4.69) is 15.0 Å². The van der Waals surface area contributed by atoms with E-state index < -0.39 is 0 Å². The van der Waals surface area contributed by atoms with E-state index in [1.807, 2.05) is 31.2 Å². The lowest BCUT2D eigenvalue weighted by Gasteiger charge is -2.17. The van der Waals surface area contributed by atoms with Crippen LogP contribution in [0, 0.1) is 0 Å². The highest BCUT2D eigenvalue weighted by Gasteiger charge is 2.25. The number of imidazole rings is 1. The normalized spacial score (nSPS) is 19.9. The SMILES string of the molecule is CCC/C(O)=C1\C(=O)CCC\C1=N/c1nc2ccccc2[nH]1. The molecule has 0 saturated heterocycles. The summed E-state index contributed by atoms with van der Waals surface area (Å²) in [6.07, 6.45) is 3.22. The van der Waals surface area contributed by atoms with Crippen LogP contribution in [-0.4, -0.2) is 26.6 Å². The Morgan fingerprint density at radius 1 is 1.36 bits per heavy atom. The summed E-state index contributed by atoms with van der Waals surface area (Å²) >= 11 is 0. The molecular formula is C17H19N3O2. The first kappa shape index (κ1) is 14.5. The summed E-state index contributed by atoms with van der Waals surface area (Å²) in [7, 11) is 0. The molecule has 22 heavy (non-hydrogen) atoms. The second-order valence-electron chi connectivity index (χ2n) is 5.48. The fraction of sp³-hybridized carbons (Fsp3) is 0.353. The molecule has 1 aromatic heterocycles. The molecule has 0 atom stereocenters. The molecule has 1 aromatic carbocycles. The van der Waals surface area contributed by atoms with Gasteiger partial charge < -0.3 is 10.1 Å². The number of nitrogens with one attached hydrogen (secondary N) is 1. The quantitative estimate of drug-likeness (QED) is 0.664. The number of carbonyl (C=O) groups excluding carboxylic acids is 1. The summed E-state index contributed by atoms with van der Waals surface area (Å²) in [6, 6.07) is 7.69. The Kier molecular flexibility index (Phi) is 4.04. The van der Waals surface area contributed by atoms with Gasteiger partial charge in [0.1, 0.15) is 5.76 Å². The van der Waals surface area contributed by atoms with Gasteiger partial charge in [-0.3, -0.25) is 4.79 Å². The number of aliphatic hydroxyl groups excluding tert-OH is 1. The second-order valence-corrected chi connectivity index (χ2v) is 5.48. The van der Waals surface area contributed by atoms with Gasteiger partial charge in [0.15, 0.2) is 5.78 Å². The highest BCUT2D eigenvalue weighted by molar-refractivity contribution is 6.24. The van der Waals surface area contributed by atoms with Crippen molar-refractivity contribution in [2.75, 3.05) is 0 Å². The fourth-order valence-electron chi connectivity index (χ4n) is 2.75. The number of aromatic nitrogens is 2. The van der Waals surface area contributed by atoms with E-state index in [0.29, 0.717) is 36.5 Å². The van der Waals surface area contributed by atoms with Crippen molar-refractivity contribution in [3.63, 3.8) is 0 Å². The van der Waals surface area contributed by atoms with Crippen molar-refractivity contribution in [1.29, 1.82) is 0 Å². The lowest BCUT2D eigenvalue weighted by atomic mass is 9.89. The number of H-pyrrole nitrogens is 1. The summed E-state index contributed by atoms with van der Waals surface area (Å²) in [5.74, 6) is 0.613. The van der Waals surface area contributed by atoms with E-state index in [9.17, 15) is 9.90 Å². The standard InChI is InChI=1S/C17H19N3O2/c1-2-6-14(21)16-13(9-5-10-15(16)22)20-17-18-11-7-3-4-8-12(11)19-17/h3-4,7-8,21H,2,5-6,9-10H2,1H3,(H,18,19)/b16-14+,20-13+. The number of carbonyl (C=O) groups is 1. The van der Waals surface area contributed by atoms with Crippen molar-refractivity contribution < 1.29 is 9.90 Å². The van der Waals surface area contributed by atoms with Crippen molar-refractivity contribution in [3.8, 4) is 0 Å². The largest absolute Gasteiger partial charge is 0.511 e. The predicted molar refractivity (Wildman–Crippen MR) is 86.6 cm³/mol. The summed E-state index contributed by atoms with van der Waals surface area (Å²) in [6.45, 7) is 1.97. The number of nitrogens with zero attached hydrogens (tertiary/aromatic N) is 2.